The Kier molecular flexibility index (Phi) is 9.35. The smallest absolute Gasteiger partial charge is 0.266 e. The third-order valence-electron chi connectivity index (χ3n) is 2.19. The second-order valence-corrected chi connectivity index (χ2v) is 4.15. The zero-order chi connectivity index (χ0) is 10.8. The lowest BCUT2D eigenvalue weighted by Gasteiger charge is -2.06. The van der Waals surface area contributed by atoms with E-state index in [1.54, 1.807) is 0 Å². The van der Waals surface area contributed by atoms with Crippen molar-refractivity contribution in [1.29, 1.82) is 0 Å². The number of hydrogen-bond acceptors (Lipinski definition) is 3. The normalized spacial score (nSPS) is 11.6. The third kappa shape index (κ3) is 11.9. The van der Waals surface area contributed by atoms with Gasteiger partial charge in [0.25, 0.3) is 6.48 Å². The molecule has 0 aromatic heterocycles. The van der Waals surface area contributed by atoms with Crippen LogP contribution in [0.5, 0.6) is 0 Å². The van der Waals surface area contributed by atoms with Gasteiger partial charge >= 0.3 is 0 Å². The standard InChI is InChI=1S/C11H24O3/c1-10(2)8-6-4-3-5-7-9-14-11(12)13/h10-13H,3-9H2,1-2H3. The van der Waals surface area contributed by atoms with Crippen LogP contribution in [-0.4, -0.2) is 23.3 Å². The molecule has 14 heavy (non-hydrogen) atoms. The molecule has 0 bridgehead atoms. The number of aliphatic hydroxyl groups is 2. The monoisotopic (exact) mass is 204 g/mol. The van der Waals surface area contributed by atoms with Crippen LogP contribution in [0.2, 0.25) is 0 Å². The van der Waals surface area contributed by atoms with Gasteiger partial charge in [0.1, 0.15) is 0 Å². The second kappa shape index (κ2) is 9.44. The lowest BCUT2D eigenvalue weighted by Crippen LogP contribution is -2.10. The Morgan fingerprint density at radius 2 is 1.50 bits per heavy atom. The van der Waals surface area contributed by atoms with Gasteiger partial charge in [-0.15, -0.1) is 0 Å². The Labute approximate surface area is 87.1 Å². The van der Waals surface area contributed by atoms with Gasteiger partial charge in [-0.05, 0) is 12.3 Å². The number of ether oxygens (including phenoxy) is 1. The molecule has 0 aliphatic carbocycles. The zero-order valence-electron chi connectivity index (χ0n) is 9.41. The van der Waals surface area contributed by atoms with Crippen molar-refractivity contribution in [3.05, 3.63) is 0 Å². The molecule has 0 aliphatic rings. The summed E-state index contributed by atoms with van der Waals surface area (Å²) in [6.07, 6.45) is 7.15. The molecule has 86 valence electrons. The summed E-state index contributed by atoms with van der Waals surface area (Å²) in [5.74, 6) is 0.808. The fraction of sp³-hybridized carbons (Fsp3) is 1.00. The molecule has 0 heterocycles. The summed E-state index contributed by atoms with van der Waals surface area (Å²) < 4.78 is 4.60. The first kappa shape index (κ1) is 13.9. The number of hydrogen-bond donors (Lipinski definition) is 2. The molecule has 0 spiro atoms. The van der Waals surface area contributed by atoms with Gasteiger partial charge in [-0.25, -0.2) is 0 Å². The Morgan fingerprint density at radius 3 is 2.07 bits per heavy atom. The molecule has 0 saturated heterocycles. The topological polar surface area (TPSA) is 49.7 Å². The molecule has 0 unspecified atom stereocenters. The number of rotatable bonds is 9. The Hall–Kier alpha value is -0.120. The van der Waals surface area contributed by atoms with Crippen LogP contribution in [0.3, 0.4) is 0 Å². The van der Waals surface area contributed by atoms with E-state index in [1.165, 1.54) is 25.7 Å². The zero-order valence-corrected chi connectivity index (χ0v) is 9.41. The van der Waals surface area contributed by atoms with Crippen molar-refractivity contribution in [2.45, 2.75) is 58.8 Å². The average Bonchev–Trinajstić information content (AvgIpc) is 2.08. The van der Waals surface area contributed by atoms with Crippen molar-refractivity contribution >= 4 is 0 Å². The van der Waals surface area contributed by atoms with E-state index in [2.05, 4.69) is 18.6 Å². The maximum absolute atomic E-state index is 8.39. The highest BCUT2D eigenvalue weighted by molar-refractivity contribution is 4.48. The molecule has 0 aromatic rings. The van der Waals surface area contributed by atoms with Crippen molar-refractivity contribution in [1.82, 2.24) is 0 Å². The van der Waals surface area contributed by atoms with Gasteiger partial charge in [-0.1, -0.05) is 46.0 Å². The van der Waals surface area contributed by atoms with Crippen LogP contribution >= 0.6 is 0 Å². The minimum Gasteiger partial charge on any atom is -0.346 e. The summed E-state index contributed by atoms with van der Waals surface area (Å²) in [5.41, 5.74) is 0. The third-order valence-corrected chi connectivity index (χ3v) is 2.19. The van der Waals surface area contributed by atoms with Gasteiger partial charge in [0, 0.05) is 0 Å². The van der Waals surface area contributed by atoms with E-state index >= 15 is 0 Å². The fourth-order valence-corrected chi connectivity index (χ4v) is 1.37. The van der Waals surface area contributed by atoms with Crippen molar-refractivity contribution in [2.75, 3.05) is 6.61 Å². The molecule has 0 rings (SSSR count). The van der Waals surface area contributed by atoms with Gasteiger partial charge in [0.05, 0.1) is 6.61 Å². The van der Waals surface area contributed by atoms with Crippen molar-refractivity contribution in [3.63, 3.8) is 0 Å². The summed E-state index contributed by atoms with van der Waals surface area (Å²) in [4.78, 5) is 0. The summed E-state index contributed by atoms with van der Waals surface area (Å²) in [5, 5.41) is 16.8. The van der Waals surface area contributed by atoms with Crippen LogP contribution in [0.15, 0.2) is 0 Å². The molecule has 0 atom stereocenters. The minimum atomic E-state index is -1.60. The highest BCUT2D eigenvalue weighted by Gasteiger charge is 1.97. The van der Waals surface area contributed by atoms with Crippen LogP contribution < -0.4 is 0 Å². The predicted molar refractivity (Wildman–Crippen MR) is 56.7 cm³/mol. The van der Waals surface area contributed by atoms with Gasteiger partial charge in [0.15, 0.2) is 0 Å². The van der Waals surface area contributed by atoms with Gasteiger partial charge in [-0.3, -0.25) is 0 Å². The molecule has 0 aliphatic heterocycles. The van der Waals surface area contributed by atoms with E-state index in [0.29, 0.717) is 6.61 Å². The lowest BCUT2D eigenvalue weighted by molar-refractivity contribution is -0.234. The van der Waals surface area contributed by atoms with E-state index < -0.39 is 6.48 Å². The van der Waals surface area contributed by atoms with E-state index in [9.17, 15) is 0 Å². The summed E-state index contributed by atoms with van der Waals surface area (Å²) >= 11 is 0. The Morgan fingerprint density at radius 1 is 0.929 bits per heavy atom. The van der Waals surface area contributed by atoms with Crippen molar-refractivity contribution in [2.24, 2.45) is 5.92 Å². The molecule has 0 aromatic carbocycles. The van der Waals surface area contributed by atoms with Crippen LogP contribution in [-0.2, 0) is 4.74 Å². The highest BCUT2D eigenvalue weighted by atomic mass is 16.7. The minimum absolute atomic E-state index is 0.446. The van der Waals surface area contributed by atoms with Gasteiger partial charge < -0.3 is 14.9 Å². The van der Waals surface area contributed by atoms with E-state index in [1.807, 2.05) is 0 Å². The number of unbranched alkanes of at least 4 members (excludes halogenated alkanes) is 4. The Bertz CT molecular complexity index is 99.1. The van der Waals surface area contributed by atoms with E-state index in [4.69, 9.17) is 10.2 Å². The highest BCUT2D eigenvalue weighted by Crippen LogP contribution is 2.10. The molecule has 3 nitrogen and oxygen atoms in total. The first-order valence-electron chi connectivity index (χ1n) is 5.60. The molecule has 0 amide bonds. The van der Waals surface area contributed by atoms with E-state index in [0.717, 1.165) is 18.8 Å². The second-order valence-electron chi connectivity index (χ2n) is 4.15. The van der Waals surface area contributed by atoms with Crippen LogP contribution in [0.25, 0.3) is 0 Å². The average molecular weight is 204 g/mol. The first-order chi connectivity index (χ1) is 6.63. The van der Waals surface area contributed by atoms with Gasteiger partial charge in [-0.2, -0.15) is 0 Å². The van der Waals surface area contributed by atoms with Crippen LogP contribution in [0.1, 0.15) is 52.4 Å². The molecule has 0 radical (unpaired) electrons. The maximum Gasteiger partial charge on any atom is 0.266 e. The molecule has 0 saturated carbocycles. The lowest BCUT2D eigenvalue weighted by atomic mass is 10.0. The number of aliphatic hydroxyl groups excluding tert-OH is 1. The van der Waals surface area contributed by atoms with Crippen LogP contribution in [0.4, 0.5) is 0 Å². The fourth-order valence-electron chi connectivity index (χ4n) is 1.37. The molecular formula is C11H24O3. The largest absolute Gasteiger partial charge is 0.346 e. The quantitative estimate of drug-likeness (QED) is 0.447. The van der Waals surface area contributed by atoms with Crippen molar-refractivity contribution < 1.29 is 14.9 Å². The summed E-state index contributed by atoms with van der Waals surface area (Å²) in [6, 6.07) is 0. The van der Waals surface area contributed by atoms with Crippen LogP contribution in [0, 0.1) is 5.92 Å². The van der Waals surface area contributed by atoms with E-state index in [-0.39, 0.29) is 0 Å². The van der Waals surface area contributed by atoms with Crippen molar-refractivity contribution in [3.8, 4) is 0 Å². The molecule has 3 heteroatoms. The first-order valence-corrected chi connectivity index (χ1v) is 5.60. The molecular weight excluding hydrogens is 180 g/mol. The SMILES string of the molecule is CC(C)CCCCCCCOC(O)O. The summed E-state index contributed by atoms with van der Waals surface area (Å²) in [6.45, 7) is 3.34. The Balaban J connectivity index is 2.92. The predicted octanol–water partition coefficient (Wildman–Crippen LogP) is 2.27. The molecule has 0 fully saturated rings. The maximum atomic E-state index is 8.39. The summed E-state index contributed by atoms with van der Waals surface area (Å²) in [7, 11) is 0. The van der Waals surface area contributed by atoms with Gasteiger partial charge in [0.2, 0.25) is 0 Å². The molecule has 2 N–H and O–H groups in total.